The van der Waals surface area contributed by atoms with Crippen molar-refractivity contribution < 1.29 is 60.0 Å². The van der Waals surface area contributed by atoms with E-state index >= 15 is 0 Å². The molecule has 248 valence electrons. The average molecular weight is 659 g/mol. The number of ether oxygens (including phenoxy) is 4. The molecular formula is C29H28F6N4O7. The van der Waals surface area contributed by atoms with Crippen LogP contribution in [0.4, 0.5) is 26.3 Å². The predicted octanol–water partition coefficient (Wildman–Crippen LogP) is 5.47. The van der Waals surface area contributed by atoms with Gasteiger partial charge in [-0.05, 0) is 43.0 Å². The van der Waals surface area contributed by atoms with E-state index in [9.17, 15) is 35.9 Å². The minimum Gasteiger partial charge on any atom is -0.493 e. The van der Waals surface area contributed by atoms with Crippen LogP contribution in [-0.4, -0.2) is 70.3 Å². The highest BCUT2D eigenvalue weighted by atomic mass is 19.4. The molecule has 0 bridgehead atoms. The van der Waals surface area contributed by atoms with Gasteiger partial charge in [0.05, 0.1) is 26.3 Å². The maximum absolute atomic E-state index is 14.3. The number of fused-ring (bicyclic) bond motifs is 3. The van der Waals surface area contributed by atoms with Gasteiger partial charge in [-0.15, -0.1) is 23.4 Å². The molecule has 0 saturated carbocycles. The third kappa shape index (κ3) is 6.83. The van der Waals surface area contributed by atoms with E-state index in [0.717, 1.165) is 18.2 Å². The zero-order chi connectivity index (χ0) is 33.4. The van der Waals surface area contributed by atoms with Crippen molar-refractivity contribution in [2.24, 2.45) is 5.92 Å². The van der Waals surface area contributed by atoms with Crippen LogP contribution in [0.1, 0.15) is 60.7 Å². The zero-order valence-corrected chi connectivity index (χ0v) is 24.4. The number of carbonyl (C=O) groups is 2. The highest BCUT2D eigenvalue weighted by Gasteiger charge is 2.44. The van der Waals surface area contributed by atoms with Gasteiger partial charge in [0.15, 0.2) is 17.3 Å². The van der Waals surface area contributed by atoms with E-state index in [4.69, 9.17) is 19.3 Å². The van der Waals surface area contributed by atoms with Crippen molar-refractivity contribution in [3.8, 4) is 22.9 Å². The molecule has 5 rings (SSSR count). The number of alkyl halides is 6. The minimum atomic E-state index is -5.12. The van der Waals surface area contributed by atoms with E-state index in [-0.39, 0.29) is 53.7 Å². The Balaban J connectivity index is 1.63. The number of nitrogens with zero attached hydrogens (tertiary/aromatic N) is 4. The van der Waals surface area contributed by atoms with Crippen LogP contribution in [0.15, 0.2) is 36.4 Å². The van der Waals surface area contributed by atoms with Gasteiger partial charge < -0.3 is 29.0 Å². The summed E-state index contributed by atoms with van der Waals surface area (Å²) in [5.41, 5.74) is -0.281. The summed E-state index contributed by atoms with van der Waals surface area (Å²) in [6.45, 7) is 0.436. The molecule has 3 aromatic rings. The Labute approximate surface area is 257 Å². The predicted molar refractivity (Wildman–Crippen MR) is 144 cm³/mol. The zero-order valence-electron chi connectivity index (χ0n) is 24.4. The summed E-state index contributed by atoms with van der Waals surface area (Å²) >= 11 is 0. The quantitative estimate of drug-likeness (QED) is 0.314. The molecule has 2 aliphatic rings. The average Bonchev–Trinajstić information content (AvgIpc) is 3.39. The molecule has 2 aliphatic heterocycles. The van der Waals surface area contributed by atoms with Crippen molar-refractivity contribution >= 4 is 11.9 Å². The molecule has 3 heterocycles. The number of aliphatic carboxylic acids is 1. The van der Waals surface area contributed by atoms with Crippen LogP contribution in [0.3, 0.4) is 0 Å². The Morgan fingerprint density at radius 2 is 1.70 bits per heavy atom. The minimum absolute atomic E-state index is 0.0561. The molecule has 1 aromatic heterocycles. The van der Waals surface area contributed by atoms with Crippen molar-refractivity contribution in [3.05, 3.63) is 59.2 Å². The van der Waals surface area contributed by atoms with E-state index in [1.165, 1.54) is 37.3 Å². The number of para-hydroxylation sites is 1. The van der Waals surface area contributed by atoms with Gasteiger partial charge in [0, 0.05) is 30.6 Å². The summed E-state index contributed by atoms with van der Waals surface area (Å²) in [5.74, 6) is -3.95. The summed E-state index contributed by atoms with van der Waals surface area (Å²) in [6.07, 6.45) is -12.8. The van der Waals surface area contributed by atoms with Crippen LogP contribution < -0.4 is 14.2 Å². The Kier molecular flexibility index (Phi) is 9.06. The number of carbonyl (C=O) groups excluding carboxylic acids is 1. The monoisotopic (exact) mass is 658 g/mol. The molecule has 1 saturated heterocycles. The number of aromatic nitrogens is 3. The van der Waals surface area contributed by atoms with E-state index < -0.39 is 60.4 Å². The van der Waals surface area contributed by atoms with Gasteiger partial charge in [-0.25, -0.2) is 0 Å². The topological polar surface area (TPSA) is 125 Å². The first-order valence-corrected chi connectivity index (χ1v) is 14.0. The van der Waals surface area contributed by atoms with Gasteiger partial charge >= 0.3 is 18.5 Å². The van der Waals surface area contributed by atoms with Gasteiger partial charge in [0.1, 0.15) is 18.0 Å². The van der Waals surface area contributed by atoms with E-state index in [1.807, 2.05) is 0 Å². The molecular weight excluding hydrogens is 630 g/mol. The fourth-order valence-electron chi connectivity index (χ4n) is 5.79. The van der Waals surface area contributed by atoms with E-state index in [0.29, 0.717) is 17.4 Å². The van der Waals surface area contributed by atoms with Crippen molar-refractivity contribution in [1.82, 2.24) is 19.7 Å². The molecule has 2 atom stereocenters. The lowest BCUT2D eigenvalue weighted by molar-refractivity contribution is -0.274. The smallest absolute Gasteiger partial charge is 0.493 e. The molecule has 0 radical (unpaired) electrons. The number of methoxy groups -OCH3 is 2. The number of piperidine rings is 1. The number of hydrogen-bond acceptors (Lipinski definition) is 8. The Morgan fingerprint density at radius 1 is 0.978 bits per heavy atom. The first kappa shape index (κ1) is 32.8. The molecule has 0 unspecified atom stereocenters. The molecule has 1 amide bonds. The molecule has 46 heavy (non-hydrogen) atoms. The lowest BCUT2D eigenvalue weighted by Gasteiger charge is -2.32. The Bertz CT molecular complexity index is 1600. The number of carboxylic acid groups (broad SMARTS) is 1. The maximum Gasteiger partial charge on any atom is 0.573 e. The van der Waals surface area contributed by atoms with Crippen LogP contribution in [0, 0.1) is 5.92 Å². The molecule has 17 heteroatoms. The van der Waals surface area contributed by atoms with Crippen LogP contribution >= 0.6 is 0 Å². The molecule has 1 fully saturated rings. The van der Waals surface area contributed by atoms with E-state index in [2.05, 4.69) is 14.9 Å². The lowest BCUT2D eigenvalue weighted by atomic mass is 9.93. The van der Waals surface area contributed by atoms with Crippen molar-refractivity contribution in [1.29, 1.82) is 0 Å². The summed E-state index contributed by atoms with van der Waals surface area (Å²) in [7, 11) is 2.64. The molecule has 0 aliphatic carbocycles. The molecule has 11 nitrogen and oxygen atoms in total. The summed E-state index contributed by atoms with van der Waals surface area (Å²) in [6, 6.07) is 7.31. The Hall–Kier alpha value is -4.54. The summed E-state index contributed by atoms with van der Waals surface area (Å²) < 4.78 is 105. The van der Waals surface area contributed by atoms with E-state index in [1.54, 1.807) is 0 Å². The largest absolute Gasteiger partial charge is 0.573 e. The highest BCUT2D eigenvalue weighted by Crippen LogP contribution is 2.48. The number of amides is 1. The number of rotatable bonds is 8. The highest BCUT2D eigenvalue weighted by molar-refractivity contribution is 5.77. The second kappa shape index (κ2) is 12.7. The summed E-state index contributed by atoms with van der Waals surface area (Å²) in [5, 5.41) is 16.2. The number of benzene rings is 2. The second-order valence-electron chi connectivity index (χ2n) is 10.7. The number of halogens is 6. The van der Waals surface area contributed by atoms with Gasteiger partial charge in [-0.2, -0.15) is 13.2 Å². The van der Waals surface area contributed by atoms with Crippen molar-refractivity contribution in [3.63, 3.8) is 0 Å². The molecule has 0 spiro atoms. The van der Waals surface area contributed by atoms with Crippen molar-refractivity contribution in [2.75, 3.05) is 27.3 Å². The fraction of sp³-hybridized carbons (Fsp3) is 0.448. The Morgan fingerprint density at radius 3 is 2.30 bits per heavy atom. The van der Waals surface area contributed by atoms with Gasteiger partial charge in [-0.1, -0.05) is 12.1 Å². The first-order valence-electron chi connectivity index (χ1n) is 14.0. The lowest BCUT2D eigenvalue weighted by Crippen LogP contribution is -2.39. The third-order valence-electron chi connectivity index (χ3n) is 7.79. The third-order valence-corrected chi connectivity index (χ3v) is 7.79. The maximum atomic E-state index is 14.3. The SMILES string of the molecule is COc1cccc([C@H]2O[C@H](CC(=O)N3CCC(CC(=O)O)CC3)c3nnc(C(F)(F)F)n3-c3ccc(OC(F)(F)F)cc32)c1OC. The fourth-order valence-corrected chi connectivity index (χ4v) is 5.79. The van der Waals surface area contributed by atoms with Crippen LogP contribution in [0.5, 0.6) is 17.2 Å². The first-order chi connectivity index (χ1) is 21.7. The molecule has 1 N–H and O–H groups in total. The van der Waals surface area contributed by atoms with Gasteiger partial charge in [-0.3, -0.25) is 14.2 Å². The van der Waals surface area contributed by atoms with Crippen LogP contribution in [0.25, 0.3) is 5.69 Å². The molecule has 2 aromatic carbocycles. The summed E-state index contributed by atoms with van der Waals surface area (Å²) in [4.78, 5) is 26.1. The standard InChI is InChI=1S/C29H28F6N4O7/c1-43-20-5-3-4-17(25(20)44-2)24-18-13-16(46-29(33,34)35)6-7-19(18)39-26(36-37-27(39)28(30,31)32)21(45-24)14-22(40)38-10-8-15(9-11-38)12-23(41)42/h3-7,13,15,21,24H,8-12,14H2,1-2H3,(H,41,42)/t21-,24-/m1/s1. The number of likely N-dealkylation sites (tertiary alicyclic amines) is 1. The van der Waals surface area contributed by atoms with Crippen molar-refractivity contribution in [2.45, 2.75) is 50.4 Å². The number of hydrogen-bond donors (Lipinski definition) is 1. The second-order valence-corrected chi connectivity index (χ2v) is 10.7. The van der Waals surface area contributed by atoms with Gasteiger partial charge in [0.25, 0.3) is 0 Å². The normalized spacial score (nSPS) is 18.7. The number of carboxylic acids is 1. The van der Waals surface area contributed by atoms with Crippen LogP contribution in [-0.2, 0) is 20.5 Å². The van der Waals surface area contributed by atoms with Crippen LogP contribution in [0.2, 0.25) is 0 Å². The van der Waals surface area contributed by atoms with Gasteiger partial charge in [0.2, 0.25) is 11.7 Å².